The van der Waals surface area contributed by atoms with Crippen LogP contribution in [0.3, 0.4) is 0 Å². The fourth-order valence-electron chi connectivity index (χ4n) is 2.45. The van der Waals surface area contributed by atoms with Crippen LogP contribution < -0.4 is 10.7 Å². The predicted molar refractivity (Wildman–Crippen MR) is 73.6 cm³/mol. The lowest BCUT2D eigenvalue weighted by Crippen LogP contribution is -2.39. The molecule has 1 fully saturated rings. The van der Waals surface area contributed by atoms with E-state index >= 15 is 0 Å². The highest BCUT2D eigenvalue weighted by molar-refractivity contribution is 9.10. The van der Waals surface area contributed by atoms with Crippen LogP contribution >= 0.6 is 15.9 Å². The van der Waals surface area contributed by atoms with Crippen molar-refractivity contribution in [2.75, 3.05) is 23.8 Å². The SMILES string of the molecule is Nc1nc2cc(Br)c(F)cc2n1N1CCCCC1. The average Bonchev–Trinajstić information content (AvgIpc) is 2.66. The number of hydrogen-bond donors (Lipinski definition) is 1. The molecule has 18 heavy (non-hydrogen) atoms. The van der Waals surface area contributed by atoms with Crippen molar-refractivity contribution in [1.29, 1.82) is 0 Å². The van der Waals surface area contributed by atoms with Crippen molar-refractivity contribution >= 4 is 32.9 Å². The molecule has 3 rings (SSSR count). The quantitative estimate of drug-likeness (QED) is 0.880. The minimum absolute atomic E-state index is 0.291. The topological polar surface area (TPSA) is 47.1 Å². The van der Waals surface area contributed by atoms with Crippen molar-refractivity contribution in [1.82, 2.24) is 9.66 Å². The van der Waals surface area contributed by atoms with Crippen LogP contribution in [0.4, 0.5) is 10.3 Å². The van der Waals surface area contributed by atoms with Crippen LogP contribution in [-0.4, -0.2) is 22.7 Å². The second-order valence-corrected chi connectivity index (χ2v) is 5.41. The summed E-state index contributed by atoms with van der Waals surface area (Å²) in [5.74, 6) is 0.130. The molecule has 0 aliphatic carbocycles. The van der Waals surface area contributed by atoms with Gasteiger partial charge in [-0.05, 0) is 41.3 Å². The number of piperidine rings is 1. The molecular formula is C12H14BrFN4. The largest absolute Gasteiger partial charge is 0.368 e. The molecule has 0 saturated carbocycles. The maximum absolute atomic E-state index is 13.7. The fourth-order valence-corrected chi connectivity index (χ4v) is 2.78. The molecule has 1 aliphatic heterocycles. The van der Waals surface area contributed by atoms with Crippen LogP contribution in [0.1, 0.15) is 19.3 Å². The van der Waals surface area contributed by atoms with Crippen molar-refractivity contribution in [3.8, 4) is 0 Å². The van der Waals surface area contributed by atoms with Gasteiger partial charge in [0, 0.05) is 19.2 Å². The number of rotatable bonds is 1. The van der Waals surface area contributed by atoms with Crippen molar-refractivity contribution < 1.29 is 4.39 Å². The molecule has 6 heteroatoms. The molecule has 1 aliphatic rings. The van der Waals surface area contributed by atoms with E-state index < -0.39 is 0 Å². The lowest BCUT2D eigenvalue weighted by atomic mass is 10.2. The zero-order chi connectivity index (χ0) is 12.7. The van der Waals surface area contributed by atoms with Crippen LogP contribution in [0.25, 0.3) is 11.0 Å². The minimum Gasteiger partial charge on any atom is -0.368 e. The number of benzene rings is 1. The Hall–Kier alpha value is -1.30. The monoisotopic (exact) mass is 312 g/mol. The van der Waals surface area contributed by atoms with Gasteiger partial charge in [-0.25, -0.2) is 14.1 Å². The van der Waals surface area contributed by atoms with Gasteiger partial charge >= 0.3 is 0 Å². The number of fused-ring (bicyclic) bond motifs is 1. The smallest absolute Gasteiger partial charge is 0.220 e. The molecule has 0 atom stereocenters. The number of nitrogen functional groups attached to an aromatic ring is 1. The second kappa shape index (κ2) is 4.42. The van der Waals surface area contributed by atoms with Gasteiger partial charge in [-0.2, -0.15) is 0 Å². The number of hydrogen-bond acceptors (Lipinski definition) is 3. The third-order valence-electron chi connectivity index (χ3n) is 3.31. The summed E-state index contributed by atoms with van der Waals surface area (Å²) in [5.41, 5.74) is 7.40. The van der Waals surface area contributed by atoms with E-state index in [4.69, 9.17) is 5.73 Å². The molecule has 96 valence electrons. The van der Waals surface area contributed by atoms with Crippen LogP contribution in [0.5, 0.6) is 0 Å². The van der Waals surface area contributed by atoms with E-state index in [1.54, 1.807) is 6.07 Å². The summed E-state index contributed by atoms with van der Waals surface area (Å²) < 4.78 is 15.9. The lowest BCUT2D eigenvalue weighted by molar-refractivity contribution is 0.489. The first-order chi connectivity index (χ1) is 8.66. The first-order valence-corrected chi connectivity index (χ1v) is 6.84. The van der Waals surface area contributed by atoms with Crippen molar-refractivity contribution in [2.24, 2.45) is 0 Å². The highest BCUT2D eigenvalue weighted by atomic mass is 79.9. The van der Waals surface area contributed by atoms with E-state index in [0.29, 0.717) is 15.9 Å². The fraction of sp³-hybridized carbons (Fsp3) is 0.417. The summed E-state index contributed by atoms with van der Waals surface area (Å²) in [5, 5.41) is 2.14. The van der Waals surface area contributed by atoms with E-state index in [0.717, 1.165) is 31.4 Å². The molecule has 1 aromatic carbocycles. The summed E-state index contributed by atoms with van der Waals surface area (Å²) >= 11 is 3.17. The summed E-state index contributed by atoms with van der Waals surface area (Å²) in [6.07, 6.45) is 3.51. The third kappa shape index (κ3) is 1.84. The minimum atomic E-state index is -0.291. The highest BCUT2D eigenvalue weighted by Crippen LogP contribution is 2.26. The number of nitrogens with two attached hydrogens (primary N) is 1. The summed E-state index contributed by atoms with van der Waals surface area (Å²) in [6.45, 7) is 1.88. The van der Waals surface area contributed by atoms with Gasteiger partial charge in [0.2, 0.25) is 5.95 Å². The van der Waals surface area contributed by atoms with Gasteiger partial charge in [0.15, 0.2) is 0 Å². The molecule has 2 N–H and O–H groups in total. The molecule has 0 amide bonds. The summed E-state index contributed by atoms with van der Waals surface area (Å²) in [7, 11) is 0. The molecule has 2 aromatic rings. The average molecular weight is 313 g/mol. The van der Waals surface area contributed by atoms with Gasteiger partial charge in [-0.1, -0.05) is 0 Å². The Morgan fingerprint density at radius 3 is 2.67 bits per heavy atom. The first-order valence-electron chi connectivity index (χ1n) is 6.05. The molecule has 1 aromatic heterocycles. The Labute approximate surface area is 113 Å². The van der Waals surface area contributed by atoms with Gasteiger partial charge in [0.25, 0.3) is 0 Å². The standard InChI is InChI=1S/C12H14BrFN4/c13-8-6-10-11(7-9(8)14)18(12(15)16-10)17-4-2-1-3-5-17/h6-7H,1-5H2,(H2,15,16). The molecule has 0 spiro atoms. The Kier molecular flexibility index (Phi) is 2.89. The molecule has 0 bridgehead atoms. The number of halogens is 2. The third-order valence-corrected chi connectivity index (χ3v) is 3.92. The Morgan fingerprint density at radius 1 is 1.22 bits per heavy atom. The van der Waals surface area contributed by atoms with Crippen LogP contribution in [0.15, 0.2) is 16.6 Å². The number of aromatic nitrogens is 2. The molecule has 0 radical (unpaired) electrons. The van der Waals surface area contributed by atoms with Gasteiger partial charge in [0.1, 0.15) is 5.82 Å². The zero-order valence-corrected chi connectivity index (χ0v) is 11.5. The molecule has 2 heterocycles. The number of anilines is 1. The van der Waals surface area contributed by atoms with Crippen molar-refractivity contribution in [3.05, 3.63) is 22.4 Å². The van der Waals surface area contributed by atoms with E-state index in [1.807, 2.05) is 4.68 Å². The van der Waals surface area contributed by atoms with E-state index in [2.05, 4.69) is 25.9 Å². The molecular weight excluding hydrogens is 299 g/mol. The highest BCUT2D eigenvalue weighted by Gasteiger charge is 2.18. The normalized spacial score (nSPS) is 16.4. The Morgan fingerprint density at radius 2 is 1.94 bits per heavy atom. The van der Waals surface area contributed by atoms with Crippen molar-refractivity contribution in [3.63, 3.8) is 0 Å². The molecule has 0 unspecified atom stereocenters. The van der Waals surface area contributed by atoms with Gasteiger partial charge in [-0.3, -0.25) is 0 Å². The first kappa shape index (κ1) is 11.8. The predicted octanol–water partition coefficient (Wildman–Crippen LogP) is 2.64. The lowest BCUT2D eigenvalue weighted by Gasteiger charge is -2.30. The van der Waals surface area contributed by atoms with Crippen LogP contribution in [-0.2, 0) is 0 Å². The Bertz CT molecular complexity index is 589. The van der Waals surface area contributed by atoms with Crippen LogP contribution in [0, 0.1) is 5.82 Å². The van der Waals surface area contributed by atoms with Gasteiger partial charge in [-0.15, -0.1) is 0 Å². The zero-order valence-electron chi connectivity index (χ0n) is 9.87. The maximum Gasteiger partial charge on any atom is 0.220 e. The molecule has 1 saturated heterocycles. The summed E-state index contributed by atoms with van der Waals surface area (Å²) in [6, 6.07) is 3.15. The second-order valence-electron chi connectivity index (χ2n) is 4.55. The van der Waals surface area contributed by atoms with E-state index in [9.17, 15) is 4.39 Å². The van der Waals surface area contributed by atoms with Gasteiger partial charge < -0.3 is 10.7 Å². The van der Waals surface area contributed by atoms with Gasteiger partial charge in [0.05, 0.1) is 15.5 Å². The number of nitrogens with zero attached hydrogens (tertiary/aromatic N) is 3. The van der Waals surface area contributed by atoms with Crippen molar-refractivity contribution in [2.45, 2.75) is 19.3 Å². The maximum atomic E-state index is 13.7. The van der Waals surface area contributed by atoms with Crippen LogP contribution in [0.2, 0.25) is 0 Å². The van der Waals surface area contributed by atoms with E-state index in [-0.39, 0.29) is 5.82 Å². The summed E-state index contributed by atoms with van der Waals surface area (Å²) in [4.78, 5) is 4.29. The van der Waals surface area contributed by atoms with E-state index in [1.165, 1.54) is 12.5 Å². The number of imidazole rings is 1. The molecule has 4 nitrogen and oxygen atoms in total. The Balaban J connectivity index is 2.15.